The van der Waals surface area contributed by atoms with Crippen LogP contribution in [0, 0.1) is 5.92 Å². The summed E-state index contributed by atoms with van der Waals surface area (Å²) >= 11 is 2.10. The summed E-state index contributed by atoms with van der Waals surface area (Å²) in [6, 6.07) is 10.7. The van der Waals surface area contributed by atoms with Crippen LogP contribution in [0.25, 0.3) is 10.9 Å². The van der Waals surface area contributed by atoms with Crippen molar-refractivity contribution in [2.75, 3.05) is 32.4 Å². The molecular formula is C19H28N4S. The van der Waals surface area contributed by atoms with Gasteiger partial charge < -0.3 is 15.2 Å². The van der Waals surface area contributed by atoms with Gasteiger partial charge in [-0.05, 0) is 23.4 Å². The highest BCUT2D eigenvalue weighted by atomic mass is 32.2. The first-order chi connectivity index (χ1) is 11.7. The van der Waals surface area contributed by atoms with Crippen LogP contribution in [-0.4, -0.2) is 53.5 Å². The highest BCUT2D eigenvalue weighted by Gasteiger charge is 2.24. The molecule has 24 heavy (non-hydrogen) atoms. The lowest BCUT2D eigenvalue weighted by Gasteiger charge is -2.36. The van der Waals surface area contributed by atoms with Gasteiger partial charge in [0.15, 0.2) is 5.96 Å². The van der Waals surface area contributed by atoms with Crippen molar-refractivity contribution < 1.29 is 0 Å². The van der Waals surface area contributed by atoms with E-state index in [0.29, 0.717) is 11.2 Å². The number of aromatic amines is 1. The highest BCUT2D eigenvalue weighted by Crippen LogP contribution is 2.24. The number of hydrogen-bond donors (Lipinski definition) is 2. The summed E-state index contributed by atoms with van der Waals surface area (Å²) in [6.45, 7) is 7.70. The summed E-state index contributed by atoms with van der Waals surface area (Å²) in [5.41, 5.74) is 2.48. The van der Waals surface area contributed by atoms with Gasteiger partial charge in [0.25, 0.3) is 0 Å². The number of aliphatic imine (C=N–C) groups is 1. The number of para-hydroxylation sites is 1. The Morgan fingerprint density at radius 1 is 1.42 bits per heavy atom. The van der Waals surface area contributed by atoms with Crippen LogP contribution < -0.4 is 5.32 Å². The van der Waals surface area contributed by atoms with Crippen molar-refractivity contribution >= 4 is 28.6 Å². The SMILES string of the molecule is CN=C(NCCc1cc2ccccc2[nH]1)N1CCSC(C(C)C)C1. The number of rotatable bonds is 4. The Kier molecular flexibility index (Phi) is 5.72. The molecule has 1 atom stereocenters. The van der Waals surface area contributed by atoms with E-state index in [4.69, 9.17) is 0 Å². The predicted octanol–water partition coefficient (Wildman–Crippen LogP) is 3.36. The molecule has 1 aromatic heterocycles. The van der Waals surface area contributed by atoms with Gasteiger partial charge in [-0.1, -0.05) is 32.0 Å². The average Bonchev–Trinajstić information content (AvgIpc) is 3.01. The van der Waals surface area contributed by atoms with Crippen LogP contribution in [0.15, 0.2) is 35.3 Å². The number of aromatic nitrogens is 1. The van der Waals surface area contributed by atoms with Crippen molar-refractivity contribution in [2.45, 2.75) is 25.5 Å². The zero-order valence-corrected chi connectivity index (χ0v) is 15.7. The van der Waals surface area contributed by atoms with Gasteiger partial charge in [-0.25, -0.2) is 0 Å². The summed E-state index contributed by atoms with van der Waals surface area (Å²) in [5.74, 6) is 2.94. The molecule has 3 rings (SSSR count). The molecule has 0 radical (unpaired) electrons. The average molecular weight is 345 g/mol. The predicted molar refractivity (Wildman–Crippen MR) is 106 cm³/mol. The maximum atomic E-state index is 4.49. The molecule has 2 aromatic rings. The van der Waals surface area contributed by atoms with Crippen LogP contribution in [0.2, 0.25) is 0 Å². The summed E-state index contributed by atoms with van der Waals surface area (Å²) in [6.07, 6.45) is 0.976. The van der Waals surface area contributed by atoms with Crippen molar-refractivity contribution in [3.8, 4) is 0 Å². The number of hydrogen-bond acceptors (Lipinski definition) is 2. The number of fused-ring (bicyclic) bond motifs is 1. The maximum absolute atomic E-state index is 4.49. The molecule has 1 unspecified atom stereocenters. The van der Waals surface area contributed by atoms with Crippen molar-refractivity contribution in [1.82, 2.24) is 15.2 Å². The van der Waals surface area contributed by atoms with Gasteiger partial charge >= 0.3 is 0 Å². The van der Waals surface area contributed by atoms with E-state index in [2.05, 4.69) is 76.1 Å². The molecule has 2 N–H and O–H groups in total. The van der Waals surface area contributed by atoms with Crippen LogP contribution in [0.1, 0.15) is 19.5 Å². The number of benzene rings is 1. The van der Waals surface area contributed by atoms with Crippen LogP contribution in [0.3, 0.4) is 0 Å². The standard InChI is InChI=1S/C19H28N4S/c1-14(2)18-13-23(10-11-24-18)19(20-3)21-9-8-16-12-15-6-4-5-7-17(15)22-16/h4-7,12,14,18,22H,8-11,13H2,1-3H3,(H,20,21). The molecule has 4 nitrogen and oxygen atoms in total. The Labute approximate surface area is 149 Å². The third-order valence-corrected chi connectivity index (χ3v) is 6.15. The molecular weight excluding hydrogens is 316 g/mol. The zero-order valence-electron chi connectivity index (χ0n) is 14.9. The number of thioether (sulfide) groups is 1. The maximum Gasteiger partial charge on any atom is 0.193 e. The van der Waals surface area contributed by atoms with Gasteiger partial charge in [0, 0.05) is 55.3 Å². The van der Waals surface area contributed by atoms with Crippen molar-refractivity contribution in [3.05, 3.63) is 36.0 Å². The monoisotopic (exact) mass is 344 g/mol. The minimum Gasteiger partial charge on any atom is -0.358 e. The number of guanidine groups is 1. The van der Waals surface area contributed by atoms with E-state index in [1.54, 1.807) is 0 Å². The molecule has 1 saturated heterocycles. The van der Waals surface area contributed by atoms with Gasteiger partial charge in [0.1, 0.15) is 0 Å². The lowest BCUT2D eigenvalue weighted by atomic mass is 10.1. The number of nitrogens with one attached hydrogen (secondary N) is 2. The Bertz CT molecular complexity index is 658. The van der Waals surface area contributed by atoms with E-state index in [0.717, 1.165) is 32.0 Å². The molecule has 0 bridgehead atoms. The normalized spacial score (nSPS) is 19.2. The van der Waals surface area contributed by atoms with E-state index < -0.39 is 0 Å². The number of nitrogens with zero attached hydrogens (tertiary/aromatic N) is 2. The molecule has 1 aliphatic heterocycles. The minimum atomic E-state index is 0.700. The molecule has 0 aliphatic carbocycles. The first-order valence-electron chi connectivity index (χ1n) is 8.81. The van der Waals surface area contributed by atoms with Crippen molar-refractivity contribution in [1.29, 1.82) is 0 Å². The lowest BCUT2D eigenvalue weighted by Crippen LogP contribution is -2.49. The Hall–Kier alpha value is -1.62. The summed E-state index contributed by atoms with van der Waals surface area (Å²) in [7, 11) is 1.89. The van der Waals surface area contributed by atoms with Gasteiger partial charge in [0.05, 0.1) is 0 Å². The third-order valence-electron chi connectivity index (χ3n) is 4.61. The van der Waals surface area contributed by atoms with Crippen molar-refractivity contribution in [2.24, 2.45) is 10.9 Å². The quantitative estimate of drug-likeness (QED) is 0.660. The van der Waals surface area contributed by atoms with Crippen molar-refractivity contribution in [3.63, 3.8) is 0 Å². The molecule has 5 heteroatoms. The summed E-state index contributed by atoms with van der Waals surface area (Å²) in [4.78, 5) is 10.4. The molecule has 2 heterocycles. The molecule has 0 spiro atoms. The highest BCUT2D eigenvalue weighted by molar-refractivity contribution is 8.00. The second-order valence-corrected chi connectivity index (χ2v) is 8.05. The van der Waals surface area contributed by atoms with Gasteiger partial charge in [-0.15, -0.1) is 0 Å². The Morgan fingerprint density at radius 2 is 2.25 bits per heavy atom. The third kappa shape index (κ3) is 4.07. The van der Waals surface area contributed by atoms with Crippen LogP contribution in [-0.2, 0) is 6.42 Å². The van der Waals surface area contributed by atoms with E-state index in [-0.39, 0.29) is 0 Å². The van der Waals surface area contributed by atoms with E-state index in [9.17, 15) is 0 Å². The first-order valence-corrected chi connectivity index (χ1v) is 9.86. The largest absolute Gasteiger partial charge is 0.358 e. The second-order valence-electron chi connectivity index (χ2n) is 6.71. The van der Waals surface area contributed by atoms with Crippen LogP contribution in [0.4, 0.5) is 0 Å². The molecule has 0 saturated carbocycles. The molecule has 130 valence electrons. The fourth-order valence-electron chi connectivity index (χ4n) is 3.18. The smallest absolute Gasteiger partial charge is 0.193 e. The fraction of sp³-hybridized carbons (Fsp3) is 0.526. The minimum absolute atomic E-state index is 0.700. The van der Waals surface area contributed by atoms with Gasteiger partial charge in [-0.3, -0.25) is 4.99 Å². The van der Waals surface area contributed by atoms with E-state index >= 15 is 0 Å². The lowest BCUT2D eigenvalue weighted by molar-refractivity contribution is 0.381. The Morgan fingerprint density at radius 3 is 3.00 bits per heavy atom. The zero-order chi connectivity index (χ0) is 16.9. The summed E-state index contributed by atoms with van der Waals surface area (Å²) in [5, 5.41) is 5.52. The van der Waals surface area contributed by atoms with Crippen LogP contribution >= 0.6 is 11.8 Å². The van der Waals surface area contributed by atoms with Gasteiger partial charge in [0.2, 0.25) is 0 Å². The molecule has 1 fully saturated rings. The van der Waals surface area contributed by atoms with Gasteiger partial charge in [-0.2, -0.15) is 11.8 Å². The molecule has 1 aromatic carbocycles. The van der Waals surface area contributed by atoms with E-state index in [1.165, 1.54) is 22.3 Å². The topological polar surface area (TPSA) is 43.4 Å². The number of H-pyrrole nitrogens is 1. The first kappa shape index (κ1) is 17.2. The Balaban J connectivity index is 1.54. The molecule has 1 aliphatic rings. The van der Waals surface area contributed by atoms with E-state index in [1.807, 2.05) is 7.05 Å². The molecule has 0 amide bonds. The second kappa shape index (κ2) is 7.97. The summed E-state index contributed by atoms with van der Waals surface area (Å²) < 4.78 is 0. The fourth-order valence-corrected chi connectivity index (χ4v) is 4.48. The van der Waals surface area contributed by atoms with Crippen LogP contribution in [0.5, 0.6) is 0 Å².